The van der Waals surface area contributed by atoms with Crippen LogP contribution in [0.2, 0.25) is 0 Å². The highest BCUT2D eigenvalue weighted by atomic mass is 16.5. The molecule has 3 N–H and O–H groups in total. The second-order valence-electron chi connectivity index (χ2n) is 11.4. The first-order chi connectivity index (χ1) is 18.4. The number of fused-ring (bicyclic) bond motifs is 1. The van der Waals surface area contributed by atoms with E-state index in [0.717, 1.165) is 43.5 Å². The molecule has 5 rings (SSSR count). The van der Waals surface area contributed by atoms with Crippen LogP contribution in [0, 0.1) is 0 Å². The number of hydrogen-bond donors (Lipinski definition) is 3. The van der Waals surface area contributed by atoms with Crippen molar-refractivity contribution in [3.8, 4) is 5.75 Å². The molecule has 4 atom stereocenters. The molecule has 2 aromatic carbocycles. The molecule has 1 saturated heterocycles. The van der Waals surface area contributed by atoms with Crippen molar-refractivity contribution in [1.82, 2.24) is 15.5 Å². The fourth-order valence-electron chi connectivity index (χ4n) is 6.22. The first kappa shape index (κ1) is 27.1. The van der Waals surface area contributed by atoms with E-state index in [9.17, 15) is 9.90 Å². The minimum absolute atomic E-state index is 0.0985. The van der Waals surface area contributed by atoms with E-state index < -0.39 is 18.2 Å². The summed E-state index contributed by atoms with van der Waals surface area (Å²) in [6, 6.07) is 16.2. The normalized spacial score (nSPS) is 24.4. The van der Waals surface area contributed by atoms with Gasteiger partial charge in [0.2, 0.25) is 0 Å². The summed E-state index contributed by atoms with van der Waals surface area (Å²) in [4.78, 5) is 15.2. The monoisotopic (exact) mass is 521 g/mol. The van der Waals surface area contributed by atoms with E-state index in [1.807, 2.05) is 37.4 Å². The van der Waals surface area contributed by atoms with Crippen LogP contribution in [0.1, 0.15) is 61.8 Å². The molecule has 3 aliphatic rings. The molecule has 1 saturated carbocycles. The molecule has 206 valence electrons. The van der Waals surface area contributed by atoms with E-state index in [2.05, 4.69) is 40.7 Å². The molecule has 2 aliphatic heterocycles. The van der Waals surface area contributed by atoms with Crippen molar-refractivity contribution >= 4 is 5.91 Å². The lowest BCUT2D eigenvalue weighted by Gasteiger charge is -2.41. The van der Waals surface area contributed by atoms with Crippen LogP contribution in [0.15, 0.2) is 48.5 Å². The molecule has 0 aromatic heterocycles. The Morgan fingerprint density at radius 1 is 1.16 bits per heavy atom. The molecular formula is C31H43N3O4. The fourth-order valence-corrected chi connectivity index (χ4v) is 6.22. The number of likely N-dealkylation sites (N-methyl/N-ethyl adjacent to an activating group) is 1. The number of rotatable bonds is 9. The zero-order chi connectivity index (χ0) is 26.5. The number of amides is 1. The van der Waals surface area contributed by atoms with Crippen LogP contribution in [-0.2, 0) is 22.4 Å². The number of hydrogen-bond acceptors (Lipinski definition) is 6. The molecule has 0 radical (unpaired) electrons. The molecule has 0 bridgehead atoms. The summed E-state index contributed by atoms with van der Waals surface area (Å²) in [5.74, 6) is 0.806. The molecule has 2 fully saturated rings. The smallest absolute Gasteiger partial charge is 0.250 e. The Balaban J connectivity index is 1.30. The first-order valence-electron chi connectivity index (χ1n) is 14.3. The van der Waals surface area contributed by atoms with Crippen LogP contribution in [-0.4, -0.2) is 73.1 Å². The fraction of sp³-hybridized carbons (Fsp3) is 0.581. The van der Waals surface area contributed by atoms with Crippen LogP contribution >= 0.6 is 0 Å². The Bertz CT molecular complexity index is 1070. The van der Waals surface area contributed by atoms with Crippen molar-refractivity contribution < 1.29 is 19.4 Å². The number of aryl methyl sites for hydroxylation is 1. The number of nitrogens with zero attached hydrogens (tertiary/aromatic N) is 1. The highest BCUT2D eigenvalue weighted by molar-refractivity contribution is 5.81. The van der Waals surface area contributed by atoms with Gasteiger partial charge in [-0.25, -0.2) is 0 Å². The van der Waals surface area contributed by atoms with E-state index in [4.69, 9.17) is 9.47 Å². The van der Waals surface area contributed by atoms with E-state index in [1.165, 1.54) is 24.0 Å². The van der Waals surface area contributed by atoms with Gasteiger partial charge in [0.15, 0.2) is 0 Å². The van der Waals surface area contributed by atoms with Crippen molar-refractivity contribution in [3.05, 3.63) is 65.2 Å². The van der Waals surface area contributed by atoms with Gasteiger partial charge in [0.25, 0.3) is 5.91 Å². The number of benzene rings is 2. The van der Waals surface area contributed by atoms with E-state index in [1.54, 1.807) is 0 Å². The van der Waals surface area contributed by atoms with Crippen molar-refractivity contribution in [2.24, 2.45) is 0 Å². The van der Waals surface area contributed by atoms with Crippen molar-refractivity contribution in [1.29, 1.82) is 0 Å². The third-order valence-corrected chi connectivity index (χ3v) is 8.50. The van der Waals surface area contributed by atoms with Gasteiger partial charge in [-0.05, 0) is 62.8 Å². The van der Waals surface area contributed by atoms with Crippen molar-refractivity contribution in [2.75, 3.05) is 33.3 Å². The van der Waals surface area contributed by atoms with Gasteiger partial charge in [-0.1, -0.05) is 49.4 Å². The molecule has 7 heteroatoms. The SMILES string of the molecule is CCc1ccc2c(c1)C(NC[C@@H](O)[C@H](Cc1ccccc1)NC(=O)C1CN(C)CCO1)CC1(CCCC1)O2. The van der Waals surface area contributed by atoms with Crippen molar-refractivity contribution in [2.45, 2.75) is 81.8 Å². The van der Waals surface area contributed by atoms with Gasteiger partial charge in [0.05, 0.1) is 18.8 Å². The summed E-state index contributed by atoms with van der Waals surface area (Å²) in [5.41, 5.74) is 3.42. The summed E-state index contributed by atoms with van der Waals surface area (Å²) in [6.45, 7) is 4.45. The number of aliphatic hydroxyl groups is 1. The summed E-state index contributed by atoms with van der Waals surface area (Å²) in [7, 11) is 2.00. The van der Waals surface area contributed by atoms with Gasteiger partial charge >= 0.3 is 0 Å². The van der Waals surface area contributed by atoms with Crippen molar-refractivity contribution in [3.63, 3.8) is 0 Å². The third kappa shape index (κ3) is 6.40. The maximum absolute atomic E-state index is 13.1. The molecule has 2 unspecified atom stereocenters. The Labute approximate surface area is 226 Å². The average molecular weight is 522 g/mol. The van der Waals surface area contributed by atoms with Gasteiger partial charge in [-0.3, -0.25) is 4.79 Å². The summed E-state index contributed by atoms with van der Waals surface area (Å²) in [5, 5.41) is 18.3. The van der Waals surface area contributed by atoms with Gasteiger partial charge in [0, 0.05) is 37.7 Å². The lowest BCUT2D eigenvalue weighted by atomic mass is 9.85. The quantitative estimate of drug-likeness (QED) is 0.469. The summed E-state index contributed by atoms with van der Waals surface area (Å²) < 4.78 is 12.3. The molecule has 38 heavy (non-hydrogen) atoms. The van der Waals surface area contributed by atoms with Gasteiger partial charge in [-0.2, -0.15) is 0 Å². The maximum atomic E-state index is 13.1. The number of nitrogens with one attached hydrogen (secondary N) is 2. The number of morpholine rings is 1. The average Bonchev–Trinajstić information content (AvgIpc) is 3.38. The molecule has 7 nitrogen and oxygen atoms in total. The number of carbonyl (C=O) groups is 1. The van der Waals surface area contributed by atoms with Gasteiger partial charge in [-0.15, -0.1) is 0 Å². The van der Waals surface area contributed by atoms with E-state index >= 15 is 0 Å². The van der Waals surface area contributed by atoms with Gasteiger partial charge in [0.1, 0.15) is 17.5 Å². The Morgan fingerprint density at radius 2 is 1.95 bits per heavy atom. The summed E-state index contributed by atoms with van der Waals surface area (Å²) >= 11 is 0. The van der Waals surface area contributed by atoms with Crippen LogP contribution in [0.3, 0.4) is 0 Å². The zero-order valence-electron chi connectivity index (χ0n) is 22.8. The van der Waals surface area contributed by atoms with Crippen LogP contribution < -0.4 is 15.4 Å². The lowest BCUT2D eigenvalue weighted by molar-refractivity contribution is -0.139. The Morgan fingerprint density at radius 3 is 2.68 bits per heavy atom. The maximum Gasteiger partial charge on any atom is 0.250 e. The molecule has 1 aliphatic carbocycles. The zero-order valence-corrected chi connectivity index (χ0v) is 22.8. The third-order valence-electron chi connectivity index (χ3n) is 8.50. The standard InChI is InChI=1S/C31H43N3O4/c1-3-22-11-12-28-24(17-22)26(19-31(38-28)13-7-8-14-31)32-20-27(35)25(18-23-9-5-4-6-10-23)33-30(36)29-21-34(2)15-16-37-29/h4-6,9-12,17,25-27,29,32,35H,3,7-8,13-16,18-21H2,1-2H3,(H,33,36)/t25-,26?,27+,29?/m0/s1. The number of ether oxygens (including phenoxy) is 2. The Hall–Kier alpha value is -2.45. The highest BCUT2D eigenvalue weighted by Crippen LogP contribution is 2.47. The second-order valence-corrected chi connectivity index (χ2v) is 11.4. The molecule has 1 amide bonds. The Kier molecular flexibility index (Phi) is 8.68. The van der Waals surface area contributed by atoms with Crippen LogP contribution in [0.5, 0.6) is 5.75 Å². The second kappa shape index (κ2) is 12.2. The largest absolute Gasteiger partial charge is 0.487 e. The van der Waals surface area contributed by atoms with E-state index in [0.29, 0.717) is 26.1 Å². The minimum Gasteiger partial charge on any atom is -0.487 e. The number of aliphatic hydroxyl groups excluding tert-OH is 1. The topological polar surface area (TPSA) is 83.1 Å². The minimum atomic E-state index is -0.763. The predicted octanol–water partition coefficient (Wildman–Crippen LogP) is 3.39. The van der Waals surface area contributed by atoms with Crippen LogP contribution in [0.4, 0.5) is 0 Å². The highest BCUT2D eigenvalue weighted by Gasteiger charge is 2.43. The van der Waals surface area contributed by atoms with Crippen LogP contribution in [0.25, 0.3) is 0 Å². The van der Waals surface area contributed by atoms with E-state index in [-0.39, 0.29) is 17.6 Å². The molecule has 2 aromatic rings. The summed E-state index contributed by atoms with van der Waals surface area (Å²) in [6.07, 6.45) is 5.67. The molecular weight excluding hydrogens is 478 g/mol. The molecule has 2 heterocycles. The number of carbonyl (C=O) groups excluding carboxylic acids is 1. The first-order valence-corrected chi connectivity index (χ1v) is 14.3. The molecule has 1 spiro atoms. The van der Waals surface area contributed by atoms with Gasteiger partial charge < -0.3 is 30.1 Å². The predicted molar refractivity (Wildman–Crippen MR) is 148 cm³/mol. The lowest BCUT2D eigenvalue weighted by Crippen LogP contribution is -2.55.